The van der Waals surface area contributed by atoms with E-state index in [-0.39, 0.29) is 11.8 Å². The predicted molar refractivity (Wildman–Crippen MR) is 94.6 cm³/mol. The van der Waals surface area contributed by atoms with E-state index in [1.54, 1.807) is 0 Å². The molecule has 1 amide bonds. The van der Waals surface area contributed by atoms with Crippen molar-refractivity contribution in [1.82, 2.24) is 9.88 Å². The second-order valence-electron chi connectivity index (χ2n) is 6.81. The molecule has 1 aliphatic rings. The standard InChI is InChI=1S/C19H27N3O/c1-12-9-15-16-11-14(19(23)21-8-4-7-20)5-6-17(16)22(3)18(15)10-13(12)2/h9-10,14H,4-8,11,20H2,1-3H3,(H,21,23). The van der Waals surface area contributed by atoms with Crippen molar-refractivity contribution in [1.29, 1.82) is 0 Å². The predicted octanol–water partition coefficient (Wildman–Crippen LogP) is 2.37. The summed E-state index contributed by atoms with van der Waals surface area (Å²) in [5.74, 6) is 0.275. The second-order valence-corrected chi connectivity index (χ2v) is 6.81. The summed E-state index contributed by atoms with van der Waals surface area (Å²) < 4.78 is 2.32. The van der Waals surface area contributed by atoms with Crippen LogP contribution in [0.5, 0.6) is 0 Å². The Balaban J connectivity index is 1.89. The molecule has 1 heterocycles. The Hall–Kier alpha value is -1.81. The Morgan fingerprint density at radius 1 is 1.35 bits per heavy atom. The number of nitrogens with two attached hydrogens (primary N) is 1. The van der Waals surface area contributed by atoms with Gasteiger partial charge in [0.25, 0.3) is 0 Å². The van der Waals surface area contributed by atoms with Crippen LogP contribution in [0.2, 0.25) is 0 Å². The maximum absolute atomic E-state index is 12.4. The summed E-state index contributed by atoms with van der Waals surface area (Å²) in [7, 11) is 2.15. The molecule has 3 rings (SSSR count). The van der Waals surface area contributed by atoms with Crippen LogP contribution in [0.1, 0.15) is 35.2 Å². The lowest BCUT2D eigenvalue weighted by molar-refractivity contribution is -0.125. The number of nitrogens with zero attached hydrogens (tertiary/aromatic N) is 1. The molecule has 0 aliphatic heterocycles. The fourth-order valence-corrected chi connectivity index (χ4v) is 3.71. The van der Waals surface area contributed by atoms with Gasteiger partial charge < -0.3 is 15.6 Å². The van der Waals surface area contributed by atoms with Gasteiger partial charge in [0.1, 0.15) is 0 Å². The van der Waals surface area contributed by atoms with E-state index in [2.05, 4.69) is 42.9 Å². The number of nitrogens with one attached hydrogen (secondary N) is 1. The number of carbonyl (C=O) groups is 1. The summed E-state index contributed by atoms with van der Waals surface area (Å²) in [5, 5.41) is 4.36. The number of amides is 1. The van der Waals surface area contributed by atoms with Gasteiger partial charge in [-0.1, -0.05) is 0 Å². The topological polar surface area (TPSA) is 60.0 Å². The lowest BCUT2D eigenvalue weighted by Gasteiger charge is -2.22. The maximum atomic E-state index is 12.4. The molecule has 2 aromatic rings. The van der Waals surface area contributed by atoms with Gasteiger partial charge in [-0.15, -0.1) is 0 Å². The first kappa shape index (κ1) is 16.1. The first-order valence-electron chi connectivity index (χ1n) is 8.58. The van der Waals surface area contributed by atoms with Crippen LogP contribution in [0.3, 0.4) is 0 Å². The molecule has 1 aromatic heterocycles. The van der Waals surface area contributed by atoms with Crippen molar-refractivity contribution in [2.75, 3.05) is 13.1 Å². The highest BCUT2D eigenvalue weighted by molar-refractivity contribution is 5.88. The number of aromatic nitrogens is 1. The van der Waals surface area contributed by atoms with Crippen LogP contribution in [-0.4, -0.2) is 23.6 Å². The third kappa shape index (κ3) is 2.88. The van der Waals surface area contributed by atoms with Gasteiger partial charge in [0.2, 0.25) is 5.91 Å². The van der Waals surface area contributed by atoms with Crippen molar-refractivity contribution in [3.8, 4) is 0 Å². The van der Waals surface area contributed by atoms with Gasteiger partial charge in [-0.2, -0.15) is 0 Å². The fourth-order valence-electron chi connectivity index (χ4n) is 3.71. The zero-order valence-electron chi connectivity index (χ0n) is 14.4. The number of rotatable bonds is 4. The van der Waals surface area contributed by atoms with E-state index in [0.29, 0.717) is 13.1 Å². The lowest BCUT2D eigenvalue weighted by atomic mass is 9.85. The molecule has 23 heavy (non-hydrogen) atoms. The van der Waals surface area contributed by atoms with Crippen LogP contribution in [0.4, 0.5) is 0 Å². The van der Waals surface area contributed by atoms with E-state index < -0.39 is 0 Å². The summed E-state index contributed by atoms with van der Waals surface area (Å²) >= 11 is 0. The largest absolute Gasteiger partial charge is 0.356 e. The van der Waals surface area contributed by atoms with Gasteiger partial charge in [-0.25, -0.2) is 0 Å². The van der Waals surface area contributed by atoms with Crippen LogP contribution in [-0.2, 0) is 24.7 Å². The van der Waals surface area contributed by atoms with Gasteiger partial charge in [0.05, 0.1) is 0 Å². The van der Waals surface area contributed by atoms with Gasteiger partial charge in [0.15, 0.2) is 0 Å². The molecule has 1 aliphatic carbocycles. The molecule has 1 unspecified atom stereocenters. The summed E-state index contributed by atoms with van der Waals surface area (Å²) in [6, 6.07) is 4.57. The van der Waals surface area contributed by atoms with E-state index >= 15 is 0 Å². The molecule has 0 fully saturated rings. The minimum Gasteiger partial charge on any atom is -0.356 e. The van der Waals surface area contributed by atoms with E-state index in [4.69, 9.17) is 5.73 Å². The van der Waals surface area contributed by atoms with Crippen molar-refractivity contribution < 1.29 is 4.79 Å². The van der Waals surface area contributed by atoms with Gasteiger partial charge in [-0.05, 0) is 74.9 Å². The Labute approximate surface area is 138 Å². The molecule has 1 aromatic carbocycles. The van der Waals surface area contributed by atoms with Crippen LogP contribution in [0.25, 0.3) is 10.9 Å². The van der Waals surface area contributed by atoms with Crippen molar-refractivity contribution in [3.05, 3.63) is 34.5 Å². The lowest BCUT2D eigenvalue weighted by Crippen LogP contribution is -2.35. The quantitative estimate of drug-likeness (QED) is 0.851. The van der Waals surface area contributed by atoms with E-state index in [1.807, 2.05) is 0 Å². The molecule has 0 saturated heterocycles. The summed E-state index contributed by atoms with van der Waals surface area (Å²) in [6.45, 7) is 5.63. The van der Waals surface area contributed by atoms with E-state index in [9.17, 15) is 4.79 Å². The Bertz CT molecular complexity index is 745. The molecule has 124 valence electrons. The molecule has 0 bridgehead atoms. The van der Waals surface area contributed by atoms with Gasteiger partial charge in [0, 0.05) is 36.1 Å². The number of fused-ring (bicyclic) bond motifs is 3. The number of hydrogen-bond acceptors (Lipinski definition) is 2. The normalized spacial score (nSPS) is 17.3. The fraction of sp³-hybridized carbons (Fsp3) is 0.526. The molecule has 3 N–H and O–H groups in total. The van der Waals surface area contributed by atoms with Crippen molar-refractivity contribution >= 4 is 16.8 Å². The maximum Gasteiger partial charge on any atom is 0.223 e. The molecule has 0 saturated carbocycles. The van der Waals surface area contributed by atoms with Crippen molar-refractivity contribution in [2.24, 2.45) is 18.7 Å². The Morgan fingerprint density at radius 3 is 2.83 bits per heavy atom. The van der Waals surface area contributed by atoms with Crippen LogP contribution in [0.15, 0.2) is 12.1 Å². The first-order chi connectivity index (χ1) is 11.0. The Kier molecular flexibility index (Phi) is 4.44. The highest BCUT2D eigenvalue weighted by Gasteiger charge is 2.28. The number of carbonyl (C=O) groups excluding carboxylic acids is 1. The minimum absolute atomic E-state index is 0.0903. The van der Waals surface area contributed by atoms with Gasteiger partial charge in [-0.3, -0.25) is 4.79 Å². The van der Waals surface area contributed by atoms with Crippen molar-refractivity contribution in [2.45, 2.75) is 39.5 Å². The van der Waals surface area contributed by atoms with Crippen LogP contribution < -0.4 is 11.1 Å². The molecular formula is C19H27N3O. The van der Waals surface area contributed by atoms with Crippen molar-refractivity contribution in [3.63, 3.8) is 0 Å². The molecule has 4 nitrogen and oxygen atoms in total. The van der Waals surface area contributed by atoms with Crippen LogP contribution in [0, 0.1) is 19.8 Å². The molecule has 0 radical (unpaired) electrons. The smallest absolute Gasteiger partial charge is 0.223 e. The summed E-state index contributed by atoms with van der Waals surface area (Å²) in [5.41, 5.74) is 12.2. The monoisotopic (exact) mass is 313 g/mol. The average Bonchev–Trinajstić information content (AvgIpc) is 2.80. The first-order valence-corrected chi connectivity index (χ1v) is 8.58. The van der Waals surface area contributed by atoms with Crippen LogP contribution >= 0.6 is 0 Å². The third-order valence-electron chi connectivity index (χ3n) is 5.28. The molecule has 4 heteroatoms. The minimum atomic E-state index is 0.0903. The number of benzene rings is 1. The Morgan fingerprint density at radius 2 is 2.09 bits per heavy atom. The number of aryl methyl sites for hydroxylation is 3. The average molecular weight is 313 g/mol. The third-order valence-corrected chi connectivity index (χ3v) is 5.28. The zero-order valence-corrected chi connectivity index (χ0v) is 14.4. The highest BCUT2D eigenvalue weighted by atomic mass is 16.1. The summed E-state index contributed by atoms with van der Waals surface area (Å²) in [6.07, 6.45) is 3.61. The molecule has 0 spiro atoms. The molecular weight excluding hydrogens is 286 g/mol. The zero-order chi connectivity index (χ0) is 16.6. The highest BCUT2D eigenvalue weighted by Crippen LogP contribution is 2.35. The van der Waals surface area contributed by atoms with E-state index in [1.165, 1.54) is 33.3 Å². The number of hydrogen-bond donors (Lipinski definition) is 2. The second kappa shape index (κ2) is 6.36. The summed E-state index contributed by atoms with van der Waals surface area (Å²) in [4.78, 5) is 12.4. The SMILES string of the molecule is Cc1cc2c3c(n(C)c2cc1C)CCC(C(=O)NCCCN)C3. The molecule has 1 atom stereocenters. The van der Waals surface area contributed by atoms with E-state index in [0.717, 1.165) is 25.7 Å². The van der Waals surface area contributed by atoms with Gasteiger partial charge >= 0.3 is 0 Å².